The Hall–Kier alpha value is -0.0800. The van der Waals surface area contributed by atoms with Crippen LogP contribution in [0.5, 0.6) is 0 Å². The molecule has 0 aromatic rings. The highest BCUT2D eigenvalue weighted by molar-refractivity contribution is 4.68. The minimum absolute atomic E-state index is 0.319. The Labute approximate surface area is 69.4 Å². The summed E-state index contributed by atoms with van der Waals surface area (Å²) < 4.78 is 0.987. The summed E-state index contributed by atoms with van der Waals surface area (Å²) in [6, 6.07) is 0. The molecule has 0 aliphatic heterocycles. The average Bonchev–Trinajstić information content (AvgIpc) is 1.79. The van der Waals surface area contributed by atoms with Crippen LogP contribution in [-0.4, -0.2) is 43.4 Å². The molecule has 0 amide bonds. The van der Waals surface area contributed by atoms with Crippen molar-refractivity contribution in [3.05, 3.63) is 0 Å². The van der Waals surface area contributed by atoms with Crippen molar-refractivity contribution in [1.29, 1.82) is 0 Å². The lowest BCUT2D eigenvalue weighted by atomic mass is 9.85. The second-order valence-electron chi connectivity index (χ2n) is 4.36. The van der Waals surface area contributed by atoms with Gasteiger partial charge in [-0.05, 0) is 12.8 Å². The minimum Gasteiger partial charge on any atom is -0.391 e. The highest BCUT2D eigenvalue weighted by Gasteiger charge is 2.25. The zero-order valence-electron chi connectivity index (χ0n) is 7.71. The van der Waals surface area contributed by atoms with E-state index >= 15 is 0 Å². The van der Waals surface area contributed by atoms with E-state index in [1.165, 1.54) is 25.8 Å². The van der Waals surface area contributed by atoms with Crippen molar-refractivity contribution in [3.63, 3.8) is 0 Å². The molecular weight excluding hydrogens is 138 g/mol. The number of quaternary nitrogens is 1. The van der Waals surface area contributed by atoms with Crippen LogP contribution in [0.15, 0.2) is 0 Å². The average molecular weight is 158 g/mol. The van der Waals surface area contributed by atoms with Crippen molar-refractivity contribution >= 4 is 0 Å². The Bertz CT molecular complexity index is 119. The van der Waals surface area contributed by atoms with E-state index in [1.807, 2.05) is 0 Å². The van der Waals surface area contributed by atoms with Crippen molar-refractivity contribution in [3.8, 4) is 0 Å². The van der Waals surface area contributed by atoms with Crippen LogP contribution in [0.1, 0.15) is 19.3 Å². The van der Waals surface area contributed by atoms with Gasteiger partial charge in [0.2, 0.25) is 0 Å². The maximum atomic E-state index is 8.79. The van der Waals surface area contributed by atoms with Crippen LogP contribution in [0.2, 0.25) is 0 Å². The van der Waals surface area contributed by atoms with Gasteiger partial charge in [-0.1, -0.05) is 6.42 Å². The normalized spacial score (nSPS) is 19.9. The molecule has 2 nitrogen and oxygen atoms in total. The molecule has 1 saturated carbocycles. The summed E-state index contributed by atoms with van der Waals surface area (Å²) >= 11 is 0. The number of hydrogen-bond donors (Lipinski definition) is 1. The second-order valence-corrected chi connectivity index (χ2v) is 4.36. The van der Waals surface area contributed by atoms with E-state index in [9.17, 15) is 0 Å². The molecule has 11 heavy (non-hydrogen) atoms. The third-order valence-electron chi connectivity index (χ3n) is 2.68. The molecule has 0 heterocycles. The Morgan fingerprint density at radius 1 is 1.36 bits per heavy atom. The molecule has 1 rings (SSSR count). The molecule has 1 aliphatic carbocycles. The summed E-state index contributed by atoms with van der Waals surface area (Å²) in [6.07, 6.45) is 4.24. The molecular formula is C9H20NO+. The second kappa shape index (κ2) is 3.55. The van der Waals surface area contributed by atoms with Gasteiger partial charge >= 0.3 is 0 Å². The zero-order valence-corrected chi connectivity index (χ0v) is 7.71. The van der Waals surface area contributed by atoms with Crippen LogP contribution < -0.4 is 0 Å². The minimum atomic E-state index is 0.319. The number of nitrogens with zero attached hydrogens (tertiary/aromatic N) is 1. The van der Waals surface area contributed by atoms with Gasteiger partial charge in [-0.15, -0.1) is 0 Å². The van der Waals surface area contributed by atoms with Gasteiger partial charge in [0.15, 0.2) is 0 Å². The molecule has 0 atom stereocenters. The van der Waals surface area contributed by atoms with Gasteiger partial charge in [0, 0.05) is 5.92 Å². The molecule has 1 N–H and O–H groups in total. The Kier molecular flexibility index (Phi) is 2.90. The number of likely N-dealkylation sites (N-methyl/N-ethyl adjacent to an activating group) is 1. The van der Waals surface area contributed by atoms with Crippen molar-refractivity contribution in [2.75, 3.05) is 33.8 Å². The predicted molar refractivity (Wildman–Crippen MR) is 46.3 cm³/mol. The van der Waals surface area contributed by atoms with Gasteiger partial charge in [0.1, 0.15) is 6.54 Å². The molecule has 0 spiro atoms. The summed E-state index contributed by atoms with van der Waals surface area (Å²) in [6.45, 7) is 2.47. The van der Waals surface area contributed by atoms with E-state index in [0.29, 0.717) is 6.61 Å². The molecule has 1 aliphatic rings. The number of rotatable bonds is 4. The lowest BCUT2D eigenvalue weighted by Gasteiger charge is -2.36. The molecule has 0 bridgehead atoms. The van der Waals surface area contributed by atoms with E-state index in [-0.39, 0.29) is 0 Å². The van der Waals surface area contributed by atoms with Gasteiger partial charge < -0.3 is 9.59 Å². The smallest absolute Gasteiger partial charge is 0.102 e. The van der Waals surface area contributed by atoms with Gasteiger partial charge in [0.25, 0.3) is 0 Å². The standard InChI is InChI=1S/C9H20NO/c1-10(2,6-7-11)8-9-4-3-5-9/h9,11H,3-8H2,1-2H3/q+1. The summed E-state index contributed by atoms with van der Waals surface area (Å²) in [5, 5.41) is 8.79. The van der Waals surface area contributed by atoms with Crippen molar-refractivity contribution in [1.82, 2.24) is 0 Å². The van der Waals surface area contributed by atoms with Gasteiger partial charge in [-0.2, -0.15) is 0 Å². The number of aliphatic hydroxyl groups excluding tert-OH is 1. The summed E-state index contributed by atoms with van der Waals surface area (Å²) in [4.78, 5) is 0. The maximum Gasteiger partial charge on any atom is 0.102 e. The van der Waals surface area contributed by atoms with Gasteiger partial charge in [0.05, 0.1) is 27.2 Å². The molecule has 2 heteroatoms. The first-order valence-electron chi connectivity index (χ1n) is 4.57. The molecule has 1 fully saturated rings. The summed E-state index contributed by atoms with van der Waals surface area (Å²) in [7, 11) is 4.41. The molecule has 0 radical (unpaired) electrons. The molecule has 0 aromatic heterocycles. The third kappa shape index (κ3) is 2.80. The third-order valence-corrected chi connectivity index (χ3v) is 2.68. The molecule has 0 saturated heterocycles. The first-order chi connectivity index (χ1) is 5.14. The topological polar surface area (TPSA) is 20.2 Å². The van der Waals surface area contributed by atoms with Gasteiger partial charge in [-0.25, -0.2) is 0 Å². The van der Waals surface area contributed by atoms with E-state index in [0.717, 1.165) is 16.9 Å². The monoisotopic (exact) mass is 158 g/mol. The van der Waals surface area contributed by atoms with E-state index < -0.39 is 0 Å². The van der Waals surface area contributed by atoms with Crippen LogP contribution >= 0.6 is 0 Å². The van der Waals surface area contributed by atoms with Crippen molar-refractivity contribution in [2.45, 2.75) is 19.3 Å². The fourth-order valence-electron chi connectivity index (χ4n) is 1.74. The number of aliphatic hydroxyl groups is 1. The van der Waals surface area contributed by atoms with Crippen LogP contribution in [0.25, 0.3) is 0 Å². The lowest BCUT2D eigenvalue weighted by molar-refractivity contribution is -0.894. The lowest BCUT2D eigenvalue weighted by Crippen LogP contribution is -2.46. The Morgan fingerprint density at radius 2 is 2.00 bits per heavy atom. The van der Waals surface area contributed by atoms with E-state index in [1.54, 1.807) is 0 Å². The van der Waals surface area contributed by atoms with Crippen LogP contribution in [-0.2, 0) is 0 Å². The fraction of sp³-hybridized carbons (Fsp3) is 1.00. The maximum absolute atomic E-state index is 8.79. The first kappa shape index (κ1) is 9.01. The van der Waals surface area contributed by atoms with Crippen molar-refractivity contribution in [2.24, 2.45) is 5.92 Å². The SMILES string of the molecule is C[N+](C)(CCO)CC1CCC1. The largest absolute Gasteiger partial charge is 0.391 e. The van der Waals surface area contributed by atoms with Gasteiger partial charge in [-0.3, -0.25) is 0 Å². The predicted octanol–water partition coefficient (Wildman–Crippen LogP) is 0.855. The first-order valence-corrected chi connectivity index (χ1v) is 4.57. The molecule has 0 unspecified atom stereocenters. The van der Waals surface area contributed by atoms with E-state index in [2.05, 4.69) is 14.1 Å². The highest BCUT2D eigenvalue weighted by Crippen LogP contribution is 2.28. The highest BCUT2D eigenvalue weighted by atomic mass is 16.3. The summed E-state index contributed by atoms with van der Waals surface area (Å²) in [5.41, 5.74) is 0. The number of hydrogen-bond acceptors (Lipinski definition) is 1. The van der Waals surface area contributed by atoms with E-state index in [4.69, 9.17) is 5.11 Å². The van der Waals surface area contributed by atoms with Crippen LogP contribution in [0, 0.1) is 5.92 Å². The Morgan fingerprint density at radius 3 is 2.36 bits per heavy atom. The fourth-order valence-corrected chi connectivity index (χ4v) is 1.74. The Balaban J connectivity index is 2.20. The van der Waals surface area contributed by atoms with Crippen LogP contribution in [0.4, 0.5) is 0 Å². The molecule has 0 aromatic carbocycles. The quantitative estimate of drug-likeness (QED) is 0.602. The van der Waals surface area contributed by atoms with Crippen LogP contribution in [0.3, 0.4) is 0 Å². The van der Waals surface area contributed by atoms with Crippen molar-refractivity contribution < 1.29 is 9.59 Å². The zero-order chi connectivity index (χ0) is 8.32. The summed E-state index contributed by atoms with van der Waals surface area (Å²) in [5.74, 6) is 0.941. The molecule has 66 valence electrons.